The Bertz CT molecular complexity index is 606. The van der Waals surface area contributed by atoms with Crippen molar-refractivity contribution in [3.63, 3.8) is 0 Å². The van der Waals surface area contributed by atoms with Crippen LogP contribution in [-0.2, 0) is 6.42 Å². The molecular formula is C16H20N2O2S. The number of rotatable bonds is 7. The number of aromatic nitrogens is 1. The molecule has 2 rings (SSSR count). The van der Waals surface area contributed by atoms with E-state index in [9.17, 15) is 4.79 Å². The van der Waals surface area contributed by atoms with Crippen LogP contribution < -0.4 is 0 Å². The molecular weight excluding hydrogens is 284 g/mol. The van der Waals surface area contributed by atoms with E-state index in [1.165, 1.54) is 0 Å². The van der Waals surface area contributed by atoms with Crippen LogP contribution in [0.3, 0.4) is 0 Å². The highest BCUT2D eigenvalue weighted by molar-refractivity contribution is 7.09. The van der Waals surface area contributed by atoms with E-state index in [1.807, 2.05) is 11.4 Å². The summed E-state index contributed by atoms with van der Waals surface area (Å²) >= 11 is 1.64. The van der Waals surface area contributed by atoms with E-state index in [0.717, 1.165) is 42.3 Å². The van der Waals surface area contributed by atoms with Crippen molar-refractivity contribution in [3.05, 3.63) is 40.2 Å². The van der Waals surface area contributed by atoms with E-state index in [2.05, 4.69) is 23.7 Å². The van der Waals surface area contributed by atoms with Gasteiger partial charge in [-0.3, -0.25) is 0 Å². The number of likely N-dealkylation sites (N-methyl/N-ethyl adjacent to an activating group) is 1. The van der Waals surface area contributed by atoms with Crippen molar-refractivity contribution in [2.45, 2.75) is 20.3 Å². The lowest BCUT2D eigenvalue weighted by Crippen LogP contribution is -2.25. The van der Waals surface area contributed by atoms with Gasteiger partial charge in [0.05, 0.1) is 16.3 Å². The average Bonchev–Trinajstić information content (AvgIpc) is 2.97. The van der Waals surface area contributed by atoms with Crippen LogP contribution in [0.25, 0.3) is 11.3 Å². The van der Waals surface area contributed by atoms with Gasteiger partial charge in [-0.2, -0.15) is 0 Å². The lowest BCUT2D eigenvalue weighted by molar-refractivity contribution is 0.0697. The lowest BCUT2D eigenvalue weighted by atomic mass is 10.1. The molecule has 0 saturated carbocycles. The van der Waals surface area contributed by atoms with Crippen molar-refractivity contribution in [2.24, 2.45) is 0 Å². The summed E-state index contributed by atoms with van der Waals surface area (Å²) in [4.78, 5) is 18.0. The van der Waals surface area contributed by atoms with Crippen molar-refractivity contribution in [3.8, 4) is 11.3 Å². The van der Waals surface area contributed by atoms with E-state index in [4.69, 9.17) is 5.11 Å². The summed E-state index contributed by atoms with van der Waals surface area (Å²) in [5.74, 6) is -0.908. The fourth-order valence-corrected chi connectivity index (χ4v) is 2.96. The van der Waals surface area contributed by atoms with Crippen LogP contribution >= 0.6 is 11.3 Å². The summed E-state index contributed by atoms with van der Waals surface area (Å²) in [7, 11) is 0. The Morgan fingerprint density at radius 3 is 2.76 bits per heavy atom. The third-order valence-electron chi connectivity index (χ3n) is 3.49. The predicted octanol–water partition coefficient (Wildman–Crippen LogP) is 3.39. The smallest absolute Gasteiger partial charge is 0.335 e. The average molecular weight is 304 g/mol. The first-order valence-corrected chi connectivity index (χ1v) is 8.02. The Morgan fingerprint density at radius 2 is 2.10 bits per heavy atom. The molecule has 21 heavy (non-hydrogen) atoms. The summed E-state index contributed by atoms with van der Waals surface area (Å²) in [6.07, 6.45) is 0.935. The summed E-state index contributed by atoms with van der Waals surface area (Å²) in [5.41, 5.74) is 2.02. The van der Waals surface area contributed by atoms with E-state index < -0.39 is 5.97 Å². The zero-order valence-electron chi connectivity index (χ0n) is 12.4. The number of nitrogens with zero attached hydrogens (tertiary/aromatic N) is 2. The molecule has 0 atom stereocenters. The summed E-state index contributed by atoms with van der Waals surface area (Å²) in [6.45, 7) is 7.43. The molecule has 0 saturated heterocycles. The van der Waals surface area contributed by atoms with Gasteiger partial charge in [0.2, 0.25) is 0 Å². The van der Waals surface area contributed by atoms with Crippen molar-refractivity contribution in [1.82, 2.24) is 9.88 Å². The van der Waals surface area contributed by atoms with Crippen molar-refractivity contribution >= 4 is 17.3 Å². The third-order valence-corrected chi connectivity index (χ3v) is 4.40. The maximum absolute atomic E-state index is 11.0. The van der Waals surface area contributed by atoms with Gasteiger partial charge in [0, 0.05) is 23.9 Å². The van der Waals surface area contributed by atoms with Crippen molar-refractivity contribution in [1.29, 1.82) is 0 Å². The first kappa shape index (κ1) is 15.7. The maximum atomic E-state index is 11.0. The van der Waals surface area contributed by atoms with Crippen LogP contribution in [0.5, 0.6) is 0 Å². The highest BCUT2D eigenvalue weighted by Crippen LogP contribution is 2.23. The second-order valence-corrected chi connectivity index (χ2v) is 5.73. The van der Waals surface area contributed by atoms with Crippen LogP contribution in [0.15, 0.2) is 29.6 Å². The van der Waals surface area contributed by atoms with E-state index >= 15 is 0 Å². The van der Waals surface area contributed by atoms with E-state index in [-0.39, 0.29) is 0 Å². The van der Waals surface area contributed by atoms with Gasteiger partial charge in [0.15, 0.2) is 0 Å². The fourth-order valence-electron chi connectivity index (χ4n) is 2.16. The Morgan fingerprint density at radius 1 is 1.33 bits per heavy atom. The van der Waals surface area contributed by atoms with E-state index in [1.54, 1.807) is 29.5 Å². The lowest BCUT2D eigenvalue weighted by Gasteiger charge is -2.16. The first-order chi connectivity index (χ1) is 10.1. The minimum Gasteiger partial charge on any atom is -0.478 e. The first-order valence-electron chi connectivity index (χ1n) is 7.14. The summed E-state index contributed by atoms with van der Waals surface area (Å²) in [6, 6.07) is 6.93. The van der Waals surface area contributed by atoms with Crippen LogP contribution in [0.1, 0.15) is 29.2 Å². The molecule has 0 spiro atoms. The maximum Gasteiger partial charge on any atom is 0.335 e. The molecule has 1 N–H and O–H groups in total. The standard InChI is InChI=1S/C16H20N2O2S/c1-3-18(4-2)9-8-15-17-14(11-21-15)12-6-5-7-13(10-12)16(19)20/h5-7,10-11H,3-4,8-9H2,1-2H3,(H,19,20). The number of carbonyl (C=O) groups is 1. The Balaban J connectivity index is 2.09. The highest BCUT2D eigenvalue weighted by Gasteiger charge is 2.09. The highest BCUT2D eigenvalue weighted by atomic mass is 32.1. The molecule has 112 valence electrons. The predicted molar refractivity (Wildman–Crippen MR) is 86.0 cm³/mol. The molecule has 1 aromatic carbocycles. The number of hydrogen-bond acceptors (Lipinski definition) is 4. The molecule has 1 heterocycles. The van der Waals surface area contributed by atoms with Crippen LogP contribution in [0.4, 0.5) is 0 Å². The van der Waals surface area contributed by atoms with E-state index in [0.29, 0.717) is 5.56 Å². The molecule has 0 aliphatic heterocycles. The molecule has 5 heteroatoms. The SMILES string of the molecule is CCN(CC)CCc1nc(-c2cccc(C(=O)O)c2)cs1. The second kappa shape index (κ2) is 7.33. The van der Waals surface area contributed by atoms with Crippen LogP contribution in [-0.4, -0.2) is 40.6 Å². The third kappa shape index (κ3) is 4.12. The molecule has 0 fully saturated rings. The number of carboxylic acids is 1. The van der Waals surface area contributed by atoms with Crippen molar-refractivity contribution < 1.29 is 9.90 Å². The molecule has 2 aromatic rings. The van der Waals surface area contributed by atoms with Gasteiger partial charge >= 0.3 is 5.97 Å². The molecule has 0 aliphatic carbocycles. The zero-order chi connectivity index (χ0) is 15.2. The Hall–Kier alpha value is -1.72. The van der Waals surface area contributed by atoms with Crippen LogP contribution in [0, 0.1) is 0 Å². The van der Waals surface area contributed by atoms with Gasteiger partial charge in [0.25, 0.3) is 0 Å². The summed E-state index contributed by atoms with van der Waals surface area (Å²) in [5, 5.41) is 12.1. The molecule has 0 amide bonds. The molecule has 0 radical (unpaired) electrons. The zero-order valence-corrected chi connectivity index (χ0v) is 13.2. The van der Waals surface area contributed by atoms with Crippen molar-refractivity contribution in [2.75, 3.05) is 19.6 Å². The van der Waals surface area contributed by atoms with Gasteiger partial charge in [-0.05, 0) is 25.2 Å². The number of aromatic carboxylic acids is 1. The number of benzene rings is 1. The van der Waals surface area contributed by atoms with Gasteiger partial charge in [0.1, 0.15) is 0 Å². The summed E-state index contributed by atoms with van der Waals surface area (Å²) < 4.78 is 0. The van der Waals surface area contributed by atoms with Gasteiger partial charge in [-0.25, -0.2) is 9.78 Å². The number of hydrogen-bond donors (Lipinski definition) is 1. The van der Waals surface area contributed by atoms with Gasteiger partial charge in [-0.15, -0.1) is 11.3 Å². The molecule has 0 aliphatic rings. The topological polar surface area (TPSA) is 53.4 Å². The molecule has 0 unspecified atom stereocenters. The quantitative estimate of drug-likeness (QED) is 0.852. The Labute approximate surface area is 129 Å². The normalized spacial score (nSPS) is 11.0. The largest absolute Gasteiger partial charge is 0.478 e. The molecule has 0 bridgehead atoms. The fraction of sp³-hybridized carbons (Fsp3) is 0.375. The Kier molecular flexibility index (Phi) is 5.47. The minimum absolute atomic E-state index is 0.296. The number of thiazole rings is 1. The monoisotopic (exact) mass is 304 g/mol. The molecule has 1 aromatic heterocycles. The van der Waals surface area contributed by atoms with Crippen LogP contribution in [0.2, 0.25) is 0 Å². The minimum atomic E-state index is -0.908. The van der Waals surface area contributed by atoms with Gasteiger partial charge < -0.3 is 10.0 Å². The van der Waals surface area contributed by atoms with Gasteiger partial charge in [-0.1, -0.05) is 26.0 Å². The molecule has 4 nitrogen and oxygen atoms in total. The number of carboxylic acid groups (broad SMARTS) is 1. The second-order valence-electron chi connectivity index (χ2n) is 4.79.